The second-order valence-electron chi connectivity index (χ2n) is 8.33. The summed E-state index contributed by atoms with van der Waals surface area (Å²) in [4.78, 5) is 37.1. The number of aromatic nitrogens is 5. The fourth-order valence-corrected chi connectivity index (χ4v) is 3.86. The SMILES string of the molecule is O=C(/C=C/c1cc(Cl)ccc1-n1cnnn1)N[C@@H](CCc1ccc[n+]([O-])c1)C(=O)Nc1ccc(C(=O)O)cc1. The number of tetrazole rings is 1. The molecule has 0 unspecified atom stereocenters. The number of anilines is 1. The Hall–Kier alpha value is -5.10. The molecule has 0 aliphatic carbocycles. The number of carboxylic acids is 1. The molecular formula is C26H22ClN7O5. The molecule has 0 bridgehead atoms. The van der Waals surface area contributed by atoms with Gasteiger partial charge < -0.3 is 20.9 Å². The van der Waals surface area contributed by atoms with Crippen molar-refractivity contribution in [1.29, 1.82) is 0 Å². The van der Waals surface area contributed by atoms with E-state index in [0.29, 0.717) is 38.7 Å². The third kappa shape index (κ3) is 7.46. The Morgan fingerprint density at radius 2 is 1.95 bits per heavy atom. The van der Waals surface area contributed by atoms with Gasteiger partial charge in [0, 0.05) is 34.0 Å². The van der Waals surface area contributed by atoms with Crippen LogP contribution in [0.1, 0.15) is 27.9 Å². The molecule has 0 saturated heterocycles. The number of aromatic carboxylic acids is 1. The van der Waals surface area contributed by atoms with Crippen LogP contribution in [-0.2, 0) is 16.0 Å². The summed E-state index contributed by atoms with van der Waals surface area (Å²) in [6.07, 6.45) is 7.45. The van der Waals surface area contributed by atoms with Crippen molar-refractivity contribution in [1.82, 2.24) is 25.5 Å². The van der Waals surface area contributed by atoms with Crippen molar-refractivity contribution >= 4 is 41.1 Å². The number of nitrogens with one attached hydrogen (secondary N) is 2. The maximum Gasteiger partial charge on any atom is 0.335 e. The average Bonchev–Trinajstić information content (AvgIpc) is 3.45. The molecule has 0 radical (unpaired) electrons. The largest absolute Gasteiger partial charge is 0.619 e. The molecule has 1 atom stereocenters. The van der Waals surface area contributed by atoms with Crippen LogP contribution in [0.3, 0.4) is 0 Å². The van der Waals surface area contributed by atoms with Crippen molar-refractivity contribution in [3.8, 4) is 5.69 Å². The highest BCUT2D eigenvalue weighted by Crippen LogP contribution is 2.20. The quantitative estimate of drug-likeness (QED) is 0.155. The average molecular weight is 548 g/mol. The molecular weight excluding hydrogens is 526 g/mol. The first-order chi connectivity index (χ1) is 18.8. The Morgan fingerprint density at radius 3 is 2.64 bits per heavy atom. The number of aryl methyl sites for hydroxylation is 1. The van der Waals surface area contributed by atoms with Gasteiger partial charge in [0.25, 0.3) is 0 Å². The number of hydrogen-bond donors (Lipinski definition) is 3. The Morgan fingerprint density at radius 1 is 1.15 bits per heavy atom. The van der Waals surface area contributed by atoms with Gasteiger partial charge in [-0.3, -0.25) is 9.59 Å². The molecule has 12 nitrogen and oxygen atoms in total. The Balaban J connectivity index is 1.50. The minimum atomic E-state index is -1.09. The van der Waals surface area contributed by atoms with Gasteiger partial charge in [-0.2, -0.15) is 9.41 Å². The fourth-order valence-electron chi connectivity index (χ4n) is 3.68. The van der Waals surface area contributed by atoms with Gasteiger partial charge >= 0.3 is 5.97 Å². The minimum absolute atomic E-state index is 0.0695. The Bertz CT molecular complexity index is 1510. The summed E-state index contributed by atoms with van der Waals surface area (Å²) in [5.41, 5.74) is 2.27. The first-order valence-corrected chi connectivity index (χ1v) is 12.0. The van der Waals surface area contributed by atoms with E-state index >= 15 is 0 Å². The highest BCUT2D eigenvalue weighted by molar-refractivity contribution is 6.30. The van der Waals surface area contributed by atoms with Crippen LogP contribution < -0.4 is 15.4 Å². The van der Waals surface area contributed by atoms with Gasteiger partial charge in [0.2, 0.25) is 11.8 Å². The standard InChI is InChI=1S/C26H22ClN7O5/c27-20-7-11-23(34-16-28-31-32-34)19(14-20)6-12-24(35)30-22(10-3-17-2-1-13-33(39)15-17)25(36)29-21-8-4-18(5-9-21)26(37)38/h1-2,4-9,11-16,22H,3,10H2,(H,29,36)(H,30,35)(H,37,38)/b12-6+/t22-/m0/s1. The number of hydrogen-bond acceptors (Lipinski definition) is 7. The molecule has 39 heavy (non-hydrogen) atoms. The number of amides is 2. The normalized spacial score (nSPS) is 11.7. The summed E-state index contributed by atoms with van der Waals surface area (Å²) < 4.78 is 2.07. The van der Waals surface area contributed by atoms with Gasteiger partial charge in [0.1, 0.15) is 12.4 Å². The van der Waals surface area contributed by atoms with Crippen molar-refractivity contribution in [2.75, 3.05) is 5.32 Å². The number of halogens is 1. The number of rotatable bonds is 10. The van der Waals surface area contributed by atoms with E-state index in [0.717, 1.165) is 0 Å². The van der Waals surface area contributed by atoms with Crippen molar-refractivity contribution in [2.24, 2.45) is 0 Å². The van der Waals surface area contributed by atoms with Gasteiger partial charge in [-0.1, -0.05) is 11.6 Å². The van der Waals surface area contributed by atoms with Crippen LogP contribution in [0.2, 0.25) is 5.02 Å². The van der Waals surface area contributed by atoms with E-state index in [9.17, 15) is 19.6 Å². The van der Waals surface area contributed by atoms with Crippen LogP contribution >= 0.6 is 11.6 Å². The highest BCUT2D eigenvalue weighted by Gasteiger charge is 2.21. The third-order valence-corrected chi connectivity index (χ3v) is 5.83. The first kappa shape index (κ1) is 26.9. The number of pyridine rings is 1. The third-order valence-electron chi connectivity index (χ3n) is 5.59. The summed E-state index contributed by atoms with van der Waals surface area (Å²) in [5.74, 6) is -2.15. The topological polar surface area (TPSA) is 166 Å². The van der Waals surface area contributed by atoms with Crippen LogP contribution in [-0.4, -0.2) is 49.1 Å². The van der Waals surface area contributed by atoms with Crippen molar-refractivity contribution < 1.29 is 24.2 Å². The van der Waals surface area contributed by atoms with Crippen molar-refractivity contribution in [3.05, 3.63) is 106 Å². The number of carbonyl (C=O) groups excluding carboxylic acids is 2. The first-order valence-electron chi connectivity index (χ1n) is 11.6. The zero-order valence-electron chi connectivity index (χ0n) is 20.3. The maximum atomic E-state index is 13.1. The molecule has 0 aliphatic rings. The summed E-state index contributed by atoms with van der Waals surface area (Å²) in [6.45, 7) is 0. The summed E-state index contributed by atoms with van der Waals surface area (Å²) >= 11 is 6.13. The number of nitrogens with zero attached hydrogens (tertiary/aromatic N) is 5. The van der Waals surface area contributed by atoms with Crippen LogP contribution in [0.4, 0.5) is 5.69 Å². The van der Waals surface area contributed by atoms with Gasteiger partial charge in [0.15, 0.2) is 12.4 Å². The molecule has 0 fully saturated rings. The molecule has 4 rings (SSSR count). The molecule has 4 aromatic rings. The molecule has 2 aromatic heterocycles. The van der Waals surface area contributed by atoms with Crippen molar-refractivity contribution in [2.45, 2.75) is 18.9 Å². The predicted octanol–water partition coefficient (Wildman–Crippen LogP) is 2.42. The monoisotopic (exact) mass is 547 g/mol. The van der Waals surface area contributed by atoms with E-state index in [4.69, 9.17) is 16.7 Å². The molecule has 3 N–H and O–H groups in total. The molecule has 0 spiro atoms. The van der Waals surface area contributed by atoms with E-state index in [1.807, 2.05) is 0 Å². The Labute approximate surface area is 227 Å². The van der Waals surface area contributed by atoms with E-state index in [1.54, 1.807) is 30.3 Å². The number of carbonyl (C=O) groups is 3. The van der Waals surface area contributed by atoms with Crippen LogP contribution in [0.5, 0.6) is 0 Å². The Kier molecular flexibility index (Phi) is 8.59. The summed E-state index contributed by atoms with van der Waals surface area (Å²) in [6, 6.07) is 13.0. The molecule has 2 aromatic carbocycles. The lowest BCUT2D eigenvalue weighted by molar-refractivity contribution is -0.605. The molecule has 13 heteroatoms. The molecule has 0 saturated carbocycles. The smallest absolute Gasteiger partial charge is 0.335 e. The second-order valence-corrected chi connectivity index (χ2v) is 8.77. The molecule has 198 valence electrons. The van der Waals surface area contributed by atoms with E-state index in [2.05, 4.69) is 26.2 Å². The van der Waals surface area contributed by atoms with Gasteiger partial charge in [0.05, 0.1) is 11.3 Å². The zero-order chi connectivity index (χ0) is 27.8. The fraction of sp³-hybridized carbons (Fsp3) is 0.115. The van der Waals surface area contributed by atoms with Crippen LogP contribution in [0.15, 0.2) is 79.4 Å². The highest BCUT2D eigenvalue weighted by atomic mass is 35.5. The lowest BCUT2D eigenvalue weighted by Gasteiger charge is -2.18. The molecule has 2 amide bonds. The summed E-state index contributed by atoms with van der Waals surface area (Å²) in [7, 11) is 0. The lowest BCUT2D eigenvalue weighted by Crippen LogP contribution is -2.43. The van der Waals surface area contributed by atoms with E-state index in [-0.39, 0.29) is 12.0 Å². The van der Waals surface area contributed by atoms with Gasteiger partial charge in [-0.15, -0.1) is 5.10 Å². The minimum Gasteiger partial charge on any atom is -0.619 e. The van der Waals surface area contributed by atoms with Gasteiger partial charge in [-0.05, 0) is 77.9 Å². The summed E-state index contributed by atoms with van der Waals surface area (Å²) in [5, 5.41) is 37.6. The van der Waals surface area contributed by atoms with Crippen LogP contribution in [0, 0.1) is 5.21 Å². The van der Waals surface area contributed by atoms with Crippen molar-refractivity contribution in [3.63, 3.8) is 0 Å². The number of benzene rings is 2. The van der Waals surface area contributed by atoms with E-state index < -0.39 is 23.8 Å². The molecule has 2 heterocycles. The van der Waals surface area contributed by atoms with Crippen LogP contribution in [0.25, 0.3) is 11.8 Å². The lowest BCUT2D eigenvalue weighted by atomic mass is 10.1. The number of carboxylic acid groups (broad SMARTS) is 1. The predicted molar refractivity (Wildman–Crippen MR) is 141 cm³/mol. The molecule has 0 aliphatic heterocycles. The zero-order valence-corrected chi connectivity index (χ0v) is 21.0. The second kappa shape index (κ2) is 12.4. The van der Waals surface area contributed by atoms with Gasteiger partial charge in [-0.25, -0.2) is 4.79 Å². The maximum absolute atomic E-state index is 13.1. The van der Waals surface area contributed by atoms with E-state index in [1.165, 1.54) is 59.8 Å².